The molecule has 1 heteroatoms. The number of hydrogen-bond donors (Lipinski definition) is 0. The molecule has 0 nitrogen and oxygen atoms in total. The van der Waals surface area contributed by atoms with Crippen molar-refractivity contribution in [3.8, 4) is 11.8 Å². The van der Waals surface area contributed by atoms with Crippen molar-refractivity contribution in [2.45, 2.75) is 26.7 Å². The summed E-state index contributed by atoms with van der Waals surface area (Å²) >= 11 is 5.92. The van der Waals surface area contributed by atoms with E-state index in [2.05, 4.69) is 50.0 Å². The lowest BCUT2D eigenvalue weighted by Gasteiger charge is -2.04. The van der Waals surface area contributed by atoms with Crippen LogP contribution < -0.4 is 0 Å². The molecule has 106 valence electrons. The lowest BCUT2D eigenvalue weighted by molar-refractivity contribution is 0.866. The monoisotopic (exact) mass is 294 g/mol. The van der Waals surface area contributed by atoms with Gasteiger partial charge in [-0.1, -0.05) is 67.6 Å². The molecule has 0 saturated heterocycles. The van der Waals surface area contributed by atoms with Crippen LogP contribution in [0.2, 0.25) is 5.02 Å². The van der Waals surface area contributed by atoms with Gasteiger partial charge >= 0.3 is 0 Å². The van der Waals surface area contributed by atoms with Crippen LogP contribution in [0.4, 0.5) is 0 Å². The van der Waals surface area contributed by atoms with E-state index in [1.54, 1.807) is 0 Å². The SMILES string of the molecule is CC=C(C#Cc1ccc(C(C)C)cc1)c1ccc(Cl)cc1. The minimum atomic E-state index is 0.548. The zero-order valence-corrected chi connectivity index (χ0v) is 13.4. The van der Waals surface area contributed by atoms with Gasteiger partial charge in [-0.25, -0.2) is 0 Å². The van der Waals surface area contributed by atoms with Crippen molar-refractivity contribution in [3.63, 3.8) is 0 Å². The van der Waals surface area contributed by atoms with Gasteiger partial charge in [0.1, 0.15) is 0 Å². The second-order valence-corrected chi connectivity index (χ2v) is 5.67. The Morgan fingerprint density at radius 2 is 1.62 bits per heavy atom. The number of allylic oxidation sites excluding steroid dienone is 2. The Hall–Kier alpha value is -1.97. The number of hydrogen-bond acceptors (Lipinski definition) is 0. The second kappa shape index (κ2) is 7.16. The van der Waals surface area contributed by atoms with Crippen LogP contribution in [-0.4, -0.2) is 0 Å². The van der Waals surface area contributed by atoms with E-state index in [4.69, 9.17) is 11.6 Å². The van der Waals surface area contributed by atoms with E-state index in [1.165, 1.54) is 5.56 Å². The quantitative estimate of drug-likeness (QED) is 0.603. The lowest BCUT2D eigenvalue weighted by atomic mass is 10.0. The average molecular weight is 295 g/mol. The molecule has 0 saturated carbocycles. The van der Waals surface area contributed by atoms with Crippen molar-refractivity contribution in [2.24, 2.45) is 0 Å². The first kappa shape index (κ1) is 15.4. The molecule has 0 radical (unpaired) electrons. The fraction of sp³-hybridized carbons (Fsp3) is 0.200. The highest BCUT2D eigenvalue weighted by Gasteiger charge is 1.99. The maximum atomic E-state index is 5.92. The average Bonchev–Trinajstić information content (AvgIpc) is 2.50. The number of halogens is 1. The van der Waals surface area contributed by atoms with E-state index < -0.39 is 0 Å². The molecule has 0 aliphatic heterocycles. The maximum absolute atomic E-state index is 5.92. The molecule has 0 aliphatic rings. The molecular formula is C20H19Cl. The van der Waals surface area contributed by atoms with Crippen LogP contribution in [0.3, 0.4) is 0 Å². The van der Waals surface area contributed by atoms with Gasteiger partial charge in [0.15, 0.2) is 0 Å². The third kappa shape index (κ3) is 4.25. The molecule has 0 atom stereocenters. The minimum absolute atomic E-state index is 0.548. The van der Waals surface area contributed by atoms with Gasteiger partial charge in [-0.05, 0) is 48.2 Å². The Morgan fingerprint density at radius 3 is 2.14 bits per heavy atom. The van der Waals surface area contributed by atoms with Crippen molar-refractivity contribution in [2.75, 3.05) is 0 Å². The molecule has 0 heterocycles. The summed E-state index contributed by atoms with van der Waals surface area (Å²) in [6.45, 7) is 6.39. The van der Waals surface area contributed by atoms with Crippen LogP contribution in [0.1, 0.15) is 43.4 Å². The first-order chi connectivity index (χ1) is 10.1. The first-order valence-corrected chi connectivity index (χ1v) is 7.52. The molecule has 2 aromatic carbocycles. The van der Waals surface area contributed by atoms with Crippen molar-refractivity contribution in [1.29, 1.82) is 0 Å². The molecule has 0 unspecified atom stereocenters. The first-order valence-electron chi connectivity index (χ1n) is 7.14. The Morgan fingerprint density at radius 1 is 1.00 bits per heavy atom. The van der Waals surface area contributed by atoms with Gasteiger partial charge < -0.3 is 0 Å². The van der Waals surface area contributed by atoms with Crippen molar-refractivity contribution in [1.82, 2.24) is 0 Å². The van der Waals surface area contributed by atoms with E-state index in [9.17, 15) is 0 Å². The summed E-state index contributed by atoms with van der Waals surface area (Å²) in [4.78, 5) is 0. The van der Waals surface area contributed by atoms with Crippen molar-refractivity contribution in [3.05, 3.63) is 76.3 Å². The van der Waals surface area contributed by atoms with E-state index in [0.717, 1.165) is 21.7 Å². The van der Waals surface area contributed by atoms with Gasteiger partial charge in [-0.15, -0.1) is 0 Å². The van der Waals surface area contributed by atoms with Gasteiger partial charge in [0.2, 0.25) is 0 Å². The highest BCUT2D eigenvalue weighted by Crippen LogP contribution is 2.18. The topological polar surface area (TPSA) is 0 Å². The van der Waals surface area contributed by atoms with Crippen LogP contribution in [0.15, 0.2) is 54.6 Å². The number of benzene rings is 2. The van der Waals surface area contributed by atoms with Crippen molar-refractivity contribution < 1.29 is 0 Å². The Bertz CT molecular complexity index is 677. The third-order valence-corrected chi connectivity index (χ3v) is 3.61. The van der Waals surface area contributed by atoms with Gasteiger partial charge in [-0.3, -0.25) is 0 Å². The van der Waals surface area contributed by atoms with E-state index in [1.807, 2.05) is 37.3 Å². The standard InChI is InChI=1S/C20H19Cl/c1-4-17(19-11-13-20(21)14-12-19)8-5-16-6-9-18(10-7-16)15(2)3/h4,6-7,9-15H,1-3H3. The Balaban J connectivity index is 2.22. The van der Waals surface area contributed by atoms with Gasteiger partial charge in [0.25, 0.3) is 0 Å². The second-order valence-electron chi connectivity index (χ2n) is 5.24. The molecule has 0 N–H and O–H groups in total. The zero-order valence-electron chi connectivity index (χ0n) is 12.7. The number of rotatable bonds is 2. The summed E-state index contributed by atoms with van der Waals surface area (Å²) in [6, 6.07) is 16.2. The van der Waals surface area contributed by atoms with Crippen molar-refractivity contribution >= 4 is 17.2 Å². The van der Waals surface area contributed by atoms with Crippen LogP contribution in [0, 0.1) is 11.8 Å². The summed E-state index contributed by atoms with van der Waals surface area (Å²) in [5.41, 5.74) is 4.48. The van der Waals surface area contributed by atoms with E-state index in [0.29, 0.717) is 5.92 Å². The summed E-state index contributed by atoms with van der Waals surface area (Å²) in [5, 5.41) is 0.742. The molecule has 21 heavy (non-hydrogen) atoms. The van der Waals surface area contributed by atoms with Crippen LogP contribution in [0.5, 0.6) is 0 Å². The molecule has 0 aliphatic carbocycles. The molecule has 0 aromatic heterocycles. The molecule has 2 rings (SSSR count). The largest absolute Gasteiger partial charge is 0.0843 e. The zero-order chi connectivity index (χ0) is 15.2. The smallest absolute Gasteiger partial charge is 0.0406 e. The summed E-state index contributed by atoms with van der Waals surface area (Å²) in [5.74, 6) is 7.01. The van der Waals surface area contributed by atoms with Crippen LogP contribution in [-0.2, 0) is 0 Å². The third-order valence-electron chi connectivity index (χ3n) is 3.36. The molecule has 0 bridgehead atoms. The molecule has 0 spiro atoms. The highest BCUT2D eigenvalue weighted by atomic mass is 35.5. The maximum Gasteiger partial charge on any atom is 0.0406 e. The summed E-state index contributed by atoms with van der Waals surface area (Å²) < 4.78 is 0. The Labute approximate surface area is 132 Å². The Kier molecular flexibility index (Phi) is 5.26. The van der Waals surface area contributed by atoms with Crippen LogP contribution in [0.25, 0.3) is 5.57 Å². The lowest BCUT2D eigenvalue weighted by Crippen LogP contribution is -1.86. The fourth-order valence-electron chi connectivity index (χ4n) is 2.03. The predicted molar refractivity (Wildman–Crippen MR) is 92.5 cm³/mol. The normalized spacial score (nSPS) is 11.2. The minimum Gasteiger partial charge on any atom is -0.0843 e. The van der Waals surface area contributed by atoms with E-state index in [-0.39, 0.29) is 0 Å². The predicted octanol–water partition coefficient (Wildman–Crippen LogP) is 5.92. The van der Waals surface area contributed by atoms with Crippen LogP contribution >= 0.6 is 11.6 Å². The molecule has 2 aromatic rings. The van der Waals surface area contributed by atoms with Gasteiger partial charge in [0.05, 0.1) is 0 Å². The van der Waals surface area contributed by atoms with Gasteiger partial charge in [-0.2, -0.15) is 0 Å². The van der Waals surface area contributed by atoms with E-state index >= 15 is 0 Å². The highest BCUT2D eigenvalue weighted by molar-refractivity contribution is 6.30. The summed E-state index contributed by atoms with van der Waals surface area (Å²) in [7, 11) is 0. The molecule has 0 fully saturated rings. The molecular weight excluding hydrogens is 276 g/mol. The molecule has 0 amide bonds. The summed E-state index contributed by atoms with van der Waals surface area (Å²) in [6.07, 6.45) is 2.03. The fourth-order valence-corrected chi connectivity index (χ4v) is 2.16. The van der Waals surface area contributed by atoms with Gasteiger partial charge in [0, 0.05) is 16.2 Å².